The Morgan fingerprint density at radius 2 is 2.00 bits per heavy atom. The lowest BCUT2D eigenvalue weighted by molar-refractivity contribution is 0.426. The molecule has 1 aromatic carbocycles. The Hall–Kier alpha value is -1.40. The van der Waals surface area contributed by atoms with Gasteiger partial charge in [-0.3, -0.25) is 0 Å². The molecule has 1 aromatic heterocycles. The third-order valence-corrected chi connectivity index (χ3v) is 3.24. The molecule has 6 heteroatoms. The molecular weight excluding hydrogens is 268 g/mol. The van der Waals surface area contributed by atoms with Crippen LogP contribution in [0.1, 0.15) is 25.6 Å². The normalized spacial score (nSPS) is 11.8. The highest BCUT2D eigenvalue weighted by Gasteiger charge is 2.17. The summed E-state index contributed by atoms with van der Waals surface area (Å²) in [7, 11) is 0. The minimum absolute atomic E-state index is 0.0530. The summed E-state index contributed by atoms with van der Waals surface area (Å²) in [5, 5.41) is 7.24. The van der Waals surface area contributed by atoms with Gasteiger partial charge in [-0.25, -0.2) is 8.78 Å². The summed E-state index contributed by atoms with van der Waals surface area (Å²) in [5.41, 5.74) is 0.697. The van der Waals surface area contributed by atoms with Crippen molar-refractivity contribution in [3.63, 3.8) is 0 Å². The average Bonchev–Trinajstić information content (AvgIpc) is 2.73. The molecule has 0 saturated heterocycles. The number of hydrogen-bond donors (Lipinski definition) is 1. The molecule has 0 saturated carbocycles. The summed E-state index contributed by atoms with van der Waals surface area (Å²) in [5.74, 6) is -1.22. The molecule has 3 nitrogen and oxygen atoms in total. The summed E-state index contributed by atoms with van der Waals surface area (Å²) in [4.78, 5) is 0.834. The van der Waals surface area contributed by atoms with Crippen LogP contribution < -0.4 is 5.32 Å². The highest BCUT2D eigenvalue weighted by atomic mass is 32.1. The Balaban J connectivity index is 2.28. The first kappa shape index (κ1) is 14.0. The zero-order chi connectivity index (χ0) is 14.0. The van der Waals surface area contributed by atoms with Crippen LogP contribution in [0.3, 0.4) is 0 Å². The molecule has 2 rings (SSSR count). The number of hydrogen-bond acceptors (Lipinski definition) is 4. The van der Waals surface area contributed by atoms with Crippen molar-refractivity contribution in [2.45, 2.75) is 32.9 Å². The van der Waals surface area contributed by atoms with E-state index in [1.165, 1.54) is 23.7 Å². The predicted molar refractivity (Wildman–Crippen MR) is 71.9 cm³/mol. The predicted octanol–water partition coefficient (Wildman–Crippen LogP) is 3.37. The molecule has 0 bridgehead atoms. The van der Waals surface area contributed by atoms with E-state index in [9.17, 15) is 8.78 Å². The largest absolute Gasteiger partial charge is 0.307 e. The number of halogens is 2. The molecule has 1 N–H and O–H groups in total. The zero-order valence-electron chi connectivity index (χ0n) is 11.0. The summed E-state index contributed by atoms with van der Waals surface area (Å²) < 4.78 is 30.5. The second-order valence-corrected chi connectivity index (χ2v) is 6.11. The minimum Gasteiger partial charge on any atom is -0.307 e. The van der Waals surface area contributed by atoms with Crippen LogP contribution in [0.4, 0.5) is 8.78 Å². The lowest BCUT2D eigenvalue weighted by atomic mass is 10.1. The van der Waals surface area contributed by atoms with Gasteiger partial charge in [0.1, 0.15) is 17.3 Å². The molecule has 2 aromatic rings. The second-order valence-electron chi connectivity index (χ2n) is 5.27. The minimum atomic E-state index is -0.621. The van der Waals surface area contributed by atoms with Crippen LogP contribution in [0.15, 0.2) is 18.2 Å². The third-order valence-electron chi connectivity index (χ3n) is 2.52. The topological polar surface area (TPSA) is 37.8 Å². The monoisotopic (exact) mass is 283 g/mol. The van der Waals surface area contributed by atoms with Gasteiger partial charge in [-0.15, -0.1) is 5.10 Å². The van der Waals surface area contributed by atoms with E-state index in [0.29, 0.717) is 12.2 Å². The van der Waals surface area contributed by atoms with E-state index in [0.717, 1.165) is 10.9 Å². The molecule has 0 spiro atoms. The maximum atomic E-state index is 13.7. The first-order valence-electron chi connectivity index (χ1n) is 5.88. The van der Waals surface area contributed by atoms with Gasteiger partial charge in [0.2, 0.25) is 0 Å². The molecule has 0 fully saturated rings. The molecule has 19 heavy (non-hydrogen) atoms. The molecule has 0 aliphatic rings. The maximum Gasteiger partial charge on any atom is 0.135 e. The van der Waals surface area contributed by atoms with Crippen LogP contribution in [0.5, 0.6) is 0 Å². The summed E-state index contributed by atoms with van der Waals surface area (Å²) in [6.07, 6.45) is 0. The van der Waals surface area contributed by atoms with Crippen LogP contribution in [-0.2, 0) is 6.54 Å². The van der Waals surface area contributed by atoms with Gasteiger partial charge in [0.05, 0.1) is 4.88 Å². The van der Waals surface area contributed by atoms with Gasteiger partial charge >= 0.3 is 0 Å². The van der Waals surface area contributed by atoms with Gasteiger partial charge < -0.3 is 5.32 Å². The van der Waals surface area contributed by atoms with Crippen molar-refractivity contribution in [3.05, 3.63) is 34.7 Å². The van der Waals surface area contributed by atoms with Crippen molar-refractivity contribution < 1.29 is 8.78 Å². The molecular formula is C13H15F2N3S. The van der Waals surface area contributed by atoms with E-state index in [1.807, 2.05) is 20.8 Å². The van der Waals surface area contributed by atoms with Crippen LogP contribution in [0, 0.1) is 11.6 Å². The highest BCUT2D eigenvalue weighted by molar-refractivity contribution is 7.05. The Kier molecular flexibility index (Phi) is 3.91. The Bertz CT molecular complexity index is 576. The smallest absolute Gasteiger partial charge is 0.135 e. The molecule has 0 unspecified atom stereocenters. The van der Waals surface area contributed by atoms with E-state index in [4.69, 9.17) is 0 Å². The first-order valence-corrected chi connectivity index (χ1v) is 6.66. The molecule has 0 atom stereocenters. The van der Waals surface area contributed by atoms with Crippen LogP contribution in [-0.4, -0.2) is 15.1 Å². The van der Waals surface area contributed by atoms with E-state index in [-0.39, 0.29) is 11.1 Å². The van der Waals surface area contributed by atoms with Crippen molar-refractivity contribution in [3.8, 4) is 11.3 Å². The Morgan fingerprint density at radius 1 is 1.26 bits per heavy atom. The number of rotatable bonds is 3. The fraction of sp³-hybridized carbons (Fsp3) is 0.385. The number of aromatic nitrogens is 2. The fourth-order valence-corrected chi connectivity index (χ4v) is 2.15. The van der Waals surface area contributed by atoms with Gasteiger partial charge in [-0.05, 0) is 44.4 Å². The van der Waals surface area contributed by atoms with Gasteiger partial charge in [0.25, 0.3) is 0 Å². The van der Waals surface area contributed by atoms with Crippen LogP contribution in [0.25, 0.3) is 11.3 Å². The Morgan fingerprint density at radius 3 is 2.63 bits per heavy atom. The van der Waals surface area contributed by atoms with Gasteiger partial charge in [-0.1, -0.05) is 4.49 Å². The third kappa shape index (κ3) is 3.54. The lowest BCUT2D eigenvalue weighted by Crippen LogP contribution is -2.34. The average molecular weight is 283 g/mol. The molecule has 102 valence electrons. The van der Waals surface area contributed by atoms with Crippen molar-refractivity contribution in [2.24, 2.45) is 0 Å². The quantitative estimate of drug-likeness (QED) is 0.938. The Labute approximate surface area is 114 Å². The molecule has 0 aliphatic heterocycles. The molecule has 0 aliphatic carbocycles. The molecule has 0 amide bonds. The highest BCUT2D eigenvalue weighted by Crippen LogP contribution is 2.27. The standard InChI is InChI=1S/C13H15F2N3S/c1-13(2,3)16-7-11-12(17-18-19-11)9-5-4-8(14)6-10(9)15/h4-6,16H,7H2,1-3H3. The van der Waals surface area contributed by atoms with Gasteiger partial charge in [0, 0.05) is 23.7 Å². The summed E-state index contributed by atoms with van der Waals surface area (Å²) >= 11 is 1.21. The fourth-order valence-electron chi connectivity index (χ4n) is 1.56. The maximum absolute atomic E-state index is 13.7. The van der Waals surface area contributed by atoms with Crippen LogP contribution in [0.2, 0.25) is 0 Å². The van der Waals surface area contributed by atoms with Crippen LogP contribution >= 0.6 is 11.5 Å². The number of benzene rings is 1. The van der Waals surface area contributed by atoms with Gasteiger partial charge in [-0.2, -0.15) is 0 Å². The van der Waals surface area contributed by atoms with Crippen molar-refractivity contribution in [2.75, 3.05) is 0 Å². The van der Waals surface area contributed by atoms with Crippen molar-refractivity contribution in [1.29, 1.82) is 0 Å². The second kappa shape index (κ2) is 5.30. The van der Waals surface area contributed by atoms with Crippen molar-refractivity contribution >= 4 is 11.5 Å². The van der Waals surface area contributed by atoms with E-state index in [1.54, 1.807) is 0 Å². The molecule has 1 heterocycles. The van der Waals surface area contributed by atoms with Crippen molar-refractivity contribution in [1.82, 2.24) is 14.9 Å². The van der Waals surface area contributed by atoms with E-state index < -0.39 is 11.6 Å². The SMILES string of the molecule is CC(C)(C)NCc1snnc1-c1ccc(F)cc1F. The first-order chi connectivity index (χ1) is 8.87. The lowest BCUT2D eigenvalue weighted by Gasteiger charge is -2.19. The number of nitrogens with zero attached hydrogens (tertiary/aromatic N) is 2. The molecule has 0 radical (unpaired) electrons. The number of nitrogens with one attached hydrogen (secondary N) is 1. The van der Waals surface area contributed by atoms with Gasteiger partial charge in [0.15, 0.2) is 0 Å². The zero-order valence-corrected chi connectivity index (χ0v) is 11.8. The van der Waals surface area contributed by atoms with E-state index >= 15 is 0 Å². The summed E-state index contributed by atoms with van der Waals surface area (Å²) in [6, 6.07) is 3.47. The van der Waals surface area contributed by atoms with E-state index in [2.05, 4.69) is 14.9 Å². The summed E-state index contributed by atoms with van der Waals surface area (Å²) in [6.45, 7) is 6.67.